The second-order valence-electron chi connectivity index (χ2n) is 9.83. The van der Waals surface area contributed by atoms with Crippen LogP contribution in [0.5, 0.6) is 0 Å². The highest BCUT2D eigenvalue weighted by molar-refractivity contribution is 6.31. The molecule has 1 atom stereocenters. The van der Waals surface area contributed by atoms with Crippen molar-refractivity contribution in [2.24, 2.45) is 4.99 Å². The van der Waals surface area contributed by atoms with Gasteiger partial charge in [0.1, 0.15) is 11.6 Å². The van der Waals surface area contributed by atoms with Crippen LogP contribution in [0.4, 0.5) is 20.4 Å². The van der Waals surface area contributed by atoms with Crippen LogP contribution in [0.25, 0.3) is 11.3 Å². The second kappa shape index (κ2) is 10.7. The van der Waals surface area contributed by atoms with Gasteiger partial charge in [-0.1, -0.05) is 23.7 Å². The Morgan fingerprint density at radius 3 is 2.60 bits per heavy atom. The van der Waals surface area contributed by atoms with Gasteiger partial charge in [0.15, 0.2) is 0 Å². The minimum Gasteiger partial charge on any atom is -0.336 e. The first-order valence-corrected chi connectivity index (χ1v) is 13.3. The first kappa shape index (κ1) is 26.0. The number of hydrogen-bond donors (Lipinski definition) is 2. The van der Waals surface area contributed by atoms with Crippen LogP contribution in [0.15, 0.2) is 71.9 Å². The molecule has 6 rings (SSSR count). The number of rotatable bonds is 4. The van der Waals surface area contributed by atoms with Crippen LogP contribution in [0.2, 0.25) is 5.02 Å². The largest absolute Gasteiger partial charge is 0.336 e. The molecule has 0 radical (unpaired) electrons. The lowest BCUT2D eigenvalue weighted by atomic mass is 9.95. The van der Waals surface area contributed by atoms with Crippen molar-refractivity contribution in [3.63, 3.8) is 0 Å². The Balaban J connectivity index is 1.30. The Bertz CT molecular complexity index is 1620. The number of nitrogens with one attached hydrogen (secondary N) is 2. The Kier molecular flexibility index (Phi) is 7.00. The molecule has 10 heteroatoms. The molecule has 0 bridgehead atoms. The average molecular weight is 559 g/mol. The van der Waals surface area contributed by atoms with Crippen molar-refractivity contribution in [2.75, 3.05) is 25.0 Å². The third kappa shape index (κ3) is 5.05. The second-order valence-corrected chi connectivity index (χ2v) is 10.3. The summed E-state index contributed by atoms with van der Waals surface area (Å²) in [4.78, 5) is 28.5. The third-order valence-electron chi connectivity index (χ3n) is 7.01. The summed E-state index contributed by atoms with van der Waals surface area (Å²) in [6.07, 6.45) is 1.65. The molecule has 3 aromatic carbocycles. The fourth-order valence-electron chi connectivity index (χ4n) is 5.05. The van der Waals surface area contributed by atoms with E-state index in [4.69, 9.17) is 16.6 Å². The summed E-state index contributed by atoms with van der Waals surface area (Å²) in [5, 5.41) is 6.94. The predicted octanol–water partition coefficient (Wildman–Crippen LogP) is 5.60. The lowest BCUT2D eigenvalue weighted by Crippen LogP contribution is -2.51. The summed E-state index contributed by atoms with van der Waals surface area (Å²) in [5.41, 5.74) is 3.67. The summed E-state index contributed by atoms with van der Waals surface area (Å²) in [6.45, 7) is 4.31. The summed E-state index contributed by atoms with van der Waals surface area (Å²) in [6, 6.07) is 16.3. The van der Waals surface area contributed by atoms with Crippen molar-refractivity contribution >= 4 is 34.9 Å². The van der Waals surface area contributed by atoms with Crippen LogP contribution in [-0.2, 0) is 6.54 Å². The molecule has 1 unspecified atom stereocenters. The third-order valence-corrected chi connectivity index (χ3v) is 7.24. The van der Waals surface area contributed by atoms with Gasteiger partial charge in [0.25, 0.3) is 5.91 Å². The Labute approximate surface area is 235 Å². The van der Waals surface area contributed by atoms with E-state index in [1.165, 1.54) is 18.2 Å². The van der Waals surface area contributed by atoms with Gasteiger partial charge in [0.05, 0.1) is 23.5 Å². The molecule has 2 aliphatic rings. The highest BCUT2D eigenvalue weighted by Gasteiger charge is 2.25. The van der Waals surface area contributed by atoms with Crippen LogP contribution in [0, 0.1) is 11.6 Å². The molecular formula is C30H25ClF2N6O. The van der Waals surface area contributed by atoms with Crippen LogP contribution in [-0.4, -0.2) is 52.2 Å². The minimum absolute atomic E-state index is 0.00135. The van der Waals surface area contributed by atoms with Crippen LogP contribution in [0.1, 0.15) is 34.0 Å². The van der Waals surface area contributed by atoms with E-state index in [9.17, 15) is 13.6 Å². The smallest absolute Gasteiger partial charge is 0.253 e. The summed E-state index contributed by atoms with van der Waals surface area (Å²) >= 11 is 6.30. The number of fused-ring (bicyclic) bond motifs is 3. The van der Waals surface area contributed by atoms with Gasteiger partial charge >= 0.3 is 0 Å². The highest BCUT2D eigenvalue weighted by Crippen LogP contribution is 2.34. The van der Waals surface area contributed by atoms with E-state index in [0.717, 1.165) is 6.54 Å². The normalized spacial score (nSPS) is 16.4. The van der Waals surface area contributed by atoms with E-state index in [1.54, 1.807) is 36.5 Å². The molecule has 2 N–H and O–H groups in total. The SMILES string of the molecule is CC1CN(C(=O)c2ccc(Nc3ncc4c(n3)-c3ccc(Cl)cc3C(c3c(F)cccc3F)=NC4)cc2)CCN1. The number of carbonyl (C=O) groups excluding carboxylic acids is 1. The molecule has 0 saturated carbocycles. The molecular weight excluding hydrogens is 534 g/mol. The Morgan fingerprint density at radius 1 is 1.07 bits per heavy atom. The number of nitrogens with zero attached hydrogens (tertiary/aromatic N) is 4. The quantitative estimate of drug-likeness (QED) is 0.340. The number of piperazine rings is 1. The minimum atomic E-state index is -0.711. The molecule has 1 aromatic heterocycles. The molecule has 1 saturated heterocycles. The first-order chi connectivity index (χ1) is 19.4. The average Bonchev–Trinajstić information content (AvgIpc) is 3.10. The van der Waals surface area contributed by atoms with Crippen molar-refractivity contribution in [3.05, 3.63) is 106 Å². The topological polar surface area (TPSA) is 82.5 Å². The van der Waals surface area contributed by atoms with E-state index in [1.807, 2.05) is 17.0 Å². The molecule has 0 spiro atoms. The van der Waals surface area contributed by atoms with Crippen LogP contribution >= 0.6 is 11.6 Å². The van der Waals surface area contributed by atoms with E-state index in [-0.39, 0.29) is 29.8 Å². The van der Waals surface area contributed by atoms with Gasteiger partial charge in [0.2, 0.25) is 5.95 Å². The van der Waals surface area contributed by atoms with Gasteiger partial charge in [-0.3, -0.25) is 9.79 Å². The van der Waals surface area contributed by atoms with Crippen molar-refractivity contribution in [3.8, 4) is 11.3 Å². The number of anilines is 2. The van der Waals surface area contributed by atoms with Gasteiger partial charge in [-0.05, 0) is 55.5 Å². The number of amides is 1. The fraction of sp³-hybridized carbons (Fsp3) is 0.200. The number of hydrogen-bond acceptors (Lipinski definition) is 6. The van der Waals surface area contributed by atoms with Crippen LogP contribution < -0.4 is 10.6 Å². The summed E-state index contributed by atoms with van der Waals surface area (Å²) < 4.78 is 29.6. The molecule has 4 aromatic rings. The lowest BCUT2D eigenvalue weighted by molar-refractivity contribution is 0.0709. The van der Waals surface area contributed by atoms with Gasteiger partial charge in [-0.25, -0.2) is 18.7 Å². The fourth-order valence-corrected chi connectivity index (χ4v) is 5.22. The number of aliphatic imine (C=N–C) groups is 1. The molecule has 0 aliphatic carbocycles. The molecule has 2 aliphatic heterocycles. The highest BCUT2D eigenvalue weighted by atomic mass is 35.5. The molecule has 3 heterocycles. The number of carbonyl (C=O) groups is 1. The lowest BCUT2D eigenvalue weighted by Gasteiger charge is -2.32. The Morgan fingerprint density at radius 2 is 1.85 bits per heavy atom. The van der Waals surface area contributed by atoms with Gasteiger partial charge < -0.3 is 15.5 Å². The summed E-state index contributed by atoms with van der Waals surface area (Å²) in [7, 11) is 0. The molecule has 202 valence electrons. The van der Waals surface area contributed by atoms with Gasteiger partial charge in [-0.2, -0.15) is 0 Å². The monoisotopic (exact) mass is 558 g/mol. The standard InChI is InChI=1S/C30H25ClF2N6O/c1-17-16-39(12-11-34-17)29(40)18-5-8-21(9-6-18)37-30-36-15-19-14-35-28(26-24(32)3-2-4-25(26)33)23-13-20(31)7-10-22(23)27(19)38-30/h2-10,13,15,17,34H,11-12,14,16H2,1H3,(H,36,37,38). The number of halogens is 3. The van der Waals surface area contributed by atoms with Crippen molar-refractivity contribution in [1.82, 2.24) is 20.2 Å². The molecule has 7 nitrogen and oxygen atoms in total. The maximum atomic E-state index is 14.8. The van der Waals surface area contributed by atoms with E-state index in [2.05, 4.69) is 27.5 Å². The van der Waals surface area contributed by atoms with E-state index in [0.29, 0.717) is 57.7 Å². The maximum absolute atomic E-state index is 14.8. The van der Waals surface area contributed by atoms with Gasteiger partial charge in [0, 0.05) is 64.8 Å². The van der Waals surface area contributed by atoms with Gasteiger partial charge in [-0.15, -0.1) is 0 Å². The zero-order chi connectivity index (χ0) is 27.8. The summed E-state index contributed by atoms with van der Waals surface area (Å²) in [5.74, 6) is -1.09. The van der Waals surface area contributed by atoms with E-state index < -0.39 is 11.6 Å². The zero-order valence-electron chi connectivity index (χ0n) is 21.6. The van der Waals surface area contributed by atoms with E-state index >= 15 is 0 Å². The zero-order valence-corrected chi connectivity index (χ0v) is 22.3. The molecule has 40 heavy (non-hydrogen) atoms. The number of benzene rings is 3. The predicted molar refractivity (Wildman–Crippen MR) is 151 cm³/mol. The molecule has 1 fully saturated rings. The number of aromatic nitrogens is 2. The van der Waals surface area contributed by atoms with Crippen molar-refractivity contribution < 1.29 is 13.6 Å². The Hall–Kier alpha value is -4.21. The van der Waals surface area contributed by atoms with Crippen molar-refractivity contribution in [2.45, 2.75) is 19.5 Å². The van der Waals surface area contributed by atoms with Crippen molar-refractivity contribution in [1.29, 1.82) is 0 Å². The first-order valence-electron chi connectivity index (χ1n) is 12.9. The maximum Gasteiger partial charge on any atom is 0.253 e. The van der Waals surface area contributed by atoms with Crippen LogP contribution in [0.3, 0.4) is 0 Å². The molecule has 1 amide bonds.